The van der Waals surface area contributed by atoms with Gasteiger partial charge in [0.25, 0.3) is 0 Å². The van der Waals surface area contributed by atoms with E-state index in [2.05, 4.69) is 0 Å². The smallest absolute Gasteiger partial charge is 0.204 e. The van der Waals surface area contributed by atoms with Gasteiger partial charge in [0.05, 0.1) is 10.8 Å². The first kappa shape index (κ1) is 44.7. The fourth-order valence-corrected chi connectivity index (χ4v) is 7.58. The summed E-state index contributed by atoms with van der Waals surface area (Å²) in [4.78, 5) is 28.1. The number of phenols is 7. The van der Waals surface area contributed by atoms with Gasteiger partial charge in [0.15, 0.2) is 22.8 Å². The molecule has 0 radical (unpaired) electrons. The van der Waals surface area contributed by atoms with Crippen LogP contribution < -0.4 is 10.9 Å². The van der Waals surface area contributed by atoms with E-state index in [-0.39, 0.29) is 127 Å². The van der Waals surface area contributed by atoms with E-state index in [1.54, 1.807) is 0 Å². The molecule has 0 bridgehead atoms. The van der Waals surface area contributed by atoms with E-state index in [0.29, 0.717) is 12.8 Å². The molecule has 4 aromatic carbocycles. The molecule has 2 aromatic heterocycles. The number of hydrogen-bond acceptors (Lipinski definition) is 11. The summed E-state index contributed by atoms with van der Waals surface area (Å²) in [6.07, 6.45) is 11.0. The summed E-state index contributed by atoms with van der Waals surface area (Å²) in [5.41, 5.74) is 4.39. The quantitative estimate of drug-likeness (QED) is 0.0331. The third kappa shape index (κ3) is 8.66. The summed E-state index contributed by atoms with van der Waals surface area (Å²) in [5, 5.41) is 78.3. The van der Waals surface area contributed by atoms with Gasteiger partial charge in [0.1, 0.15) is 50.5 Å². The van der Waals surface area contributed by atoms with Gasteiger partial charge in [-0.15, -0.1) is 0 Å². The minimum Gasteiger partial charge on any atom is -0.507 e. The lowest BCUT2D eigenvalue weighted by Crippen LogP contribution is -2.09. The van der Waals surface area contributed by atoms with Crippen molar-refractivity contribution < 1.29 is 44.6 Å². The zero-order valence-corrected chi connectivity index (χ0v) is 36.4. The van der Waals surface area contributed by atoms with E-state index in [1.165, 1.54) is 24.3 Å². The number of fused-ring (bicyclic) bond motifs is 4. The molecule has 0 aliphatic carbocycles. The first-order chi connectivity index (χ1) is 29.3. The van der Waals surface area contributed by atoms with Crippen molar-refractivity contribution in [3.05, 3.63) is 131 Å². The third-order valence-corrected chi connectivity index (χ3v) is 11.2. The number of benzene rings is 4. The molecule has 324 valence electrons. The Bertz CT molecular complexity index is 3060. The van der Waals surface area contributed by atoms with Crippen LogP contribution in [0.2, 0.25) is 0 Å². The fraction of sp³-hybridized carbons (Fsp3) is 0.294. The van der Waals surface area contributed by atoms with Crippen molar-refractivity contribution in [2.24, 2.45) is 0 Å². The van der Waals surface area contributed by atoms with Gasteiger partial charge >= 0.3 is 0 Å². The lowest BCUT2D eigenvalue weighted by atomic mass is 9.94. The van der Waals surface area contributed by atoms with Crippen molar-refractivity contribution in [2.45, 2.75) is 100 Å². The molecule has 11 heteroatoms. The number of hydrogen-bond donors (Lipinski definition) is 7. The largest absolute Gasteiger partial charge is 0.507 e. The number of phenolic OH excluding ortho intramolecular Hbond substituents is 7. The molecule has 62 heavy (non-hydrogen) atoms. The highest BCUT2D eigenvalue weighted by Gasteiger charge is 2.27. The Hall–Kier alpha value is -6.88. The van der Waals surface area contributed by atoms with Gasteiger partial charge in [-0.05, 0) is 112 Å². The lowest BCUT2D eigenvalue weighted by molar-refractivity contribution is 0.397. The normalized spacial score (nSPS) is 12.1. The van der Waals surface area contributed by atoms with Crippen LogP contribution in [0.25, 0.3) is 43.9 Å². The zero-order chi connectivity index (χ0) is 45.3. The van der Waals surface area contributed by atoms with Crippen molar-refractivity contribution in [2.75, 3.05) is 0 Å². The average molecular weight is 843 g/mol. The molecular weight excluding hydrogens is 789 g/mol. The Morgan fingerprint density at radius 1 is 0.468 bits per heavy atom. The molecule has 0 saturated carbocycles. The van der Waals surface area contributed by atoms with Crippen LogP contribution in [0.4, 0.5) is 0 Å². The summed E-state index contributed by atoms with van der Waals surface area (Å²) in [7, 11) is 0. The zero-order valence-electron chi connectivity index (χ0n) is 36.4. The molecule has 0 saturated heterocycles. The van der Waals surface area contributed by atoms with E-state index in [4.69, 9.17) is 8.83 Å². The first-order valence-corrected chi connectivity index (χ1v) is 20.6. The van der Waals surface area contributed by atoms with E-state index >= 15 is 0 Å². The molecule has 6 aromatic rings. The van der Waals surface area contributed by atoms with Crippen molar-refractivity contribution in [3.8, 4) is 40.2 Å². The van der Waals surface area contributed by atoms with Gasteiger partial charge in [-0.25, -0.2) is 0 Å². The molecule has 0 atom stereocenters. The van der Waals surface area contributed by atoms with Crippen LogP contribution in [0.1, 0.15) is 96.0 Å². The summed E-state index contributed by atoms with van der Waals surface area (Å²) in [6.45, 7) is 15.1. The maximum Gasteiger partial charge on any atom is 0.204 e. The molecule has 6 rings (SSSR count). The SMILES string of the molecule is CC(C)=CCc1c(O)cc2oc3c(CC=C(C)C)c(O)c(O)c(C/C=C(/C)CC/C(C)=C/Cc4c(O)c(CC=C(C)C)c(O)c5c(=O)c6cccc(O)c6oc45)c3c(=O)c2c1O. The Kier molecular flexibility index (Phi) is 13.0. The van der Waals surface area contributed by atoms with Crippen LogP contribution in [0.5, 0.6) is 40.2 Å². The second-order valence-corrected chi connectivity index (χ2v) is 16.8. The highest BCUT2D eigenvalue weighted by molar-refractivity contribution is 6.00. The standard InChI is InChI=1S/C51H54O11/c1-25(2)12-19-30-37(53)24-38-40(43(30)55)48(60)39-31(46(58)47(59)35(50(39)61-38)21-14-27(5)6)22-17-28(7)15-16-29(8)18-23-34-42(54)32(20-13-26(3)4)44(56)41-45(57)33-10-9-11-36(52)49(33)62-51(34)41/h9-14,17-18,24,52-56,58-59H,15-16,19-23H2,1-8H3/b28-17-,29-18+. The van der Waals surface area contributed by atoms with Gasteiger partial charge in [-0.3, -0.25) is 9.59 Å². The van der Waals surface area contributed by atoms with Gasteiger partial charge in [-0.2, -0.15) is 0 Å². The van der Waals surface area contributed by atoms with Gasteiger partial charge in [-0.1, -0.05) is 64.3 Å². The summed E-state index contributed by atoms with van der Waals surface area (Å²) < 4.78 is 12.3. The van der Waals surface area contributed by atoms with Crippen molar-refractivity contribution in [3.63, 3.8) is 0 Å². The van der Waals surface area contributed by atoms with Crippen molar-refractivity contribution in [1.29, 1.82) is 0 Å². The predicted octanol–water partition coefficient (Wildman–Crippen LogP) is 11.1. The van der Waals surface area contributed by atoms with Gasteiger partial charge in [0, 0.05) is 33.9 Å². The molecule has 0 aliphatic heterocycles. The van der Waals surface area contributed by atoms with Crippen LogP contribution in [-0.2, 0) is 32.1 Å². The molecule has 2 heterocycles. The number of rotatable bonds is 13. The third-order valence-electron chi connectivity index (χ3n) is 11.2. The van der Waals surface area contributed by atoms with Crippen LogP contribution in [0, 0.1) is 0 Å². The van der Waals surface area contributed by atoms with E-state index in [9.17, 15) is 45.3 Å². The van der Waals surface area contributed by atoms with Gasteiger partial charge in [0.2, 0.25) is 10.9 Å². The highest BCUT2D eigenvalue weighted by atomic mass is 16.4. The second-order valence-electron chi connectivity index (χ2n) is 16.8. The maximum atomic E-state index is 14.4. The Labute approximate surface area is 358 Å². The molecule has 0 amide bonds. The molecule has 0 fully saturated rings. The van der Waals surface area contributed by atoms with Crippen LogP contribution in [0.15, 0.2) is 101 Å². The second kappa shape index (κ2) is 18.0. The Balaban J connectivity index is 1.36. The molecule has 0 aliphatic rings. The average Bonchev–Trinajstić information content (AvgIpc) is 3.20. The highest BCUT2D eigenvalue weighted by Crippen LogP contribution is 2.44. The molecule has 0 spiro atoms. The number of allylic oxidation sites excluding steroid dienone is 10. The first-order valence-electron chi connectivity index (χ1n) is 20.6. The molecular formula is C51H54O11. The number of aromatic hydroxyl groups is 7. The molecule has 11 nitrogen and oxygen atoms in total. The maximum absolute atomic E-state index is 14.4. The fourth-order valence-electron chi connectivity index (χ4n) is 7.58. The minimum atomic E-state index is -0.612. The van der Waals surface area contributed by atoms with Crippen LogP contribution in [0.3, 0.4) is 0 Å². The minimum absolute atomic E-state index is 0.0110. The summed E-state index contributed by atoms with van der Waals surface area (Å²) in [6, 6.07) is 5.70. The van der Waals surface area contributed by atoms with Gasteiger partial charge < -0.3 is 44.6 Å². The topological polar surface area (TPSA) is 202 Å². The Morgan fingerprint density at radius 2 is 0.952 bits per heavy atom. The van der Waals surface area contributed by atoms with Crippen LogP contribution in [-0.4, -0.2) is 35.7 Å². The van der Waals surface area contributed by atoms with Crippen molar-refractivity contribution >= 4 is 43.9 Å². The summed E-state index contributed by atoms with van der Waals surface area (Å²) in [5.74, 6) is -2.40. The van der Waals surface area contributed by atoms with E-state index in [1.807, 2.05) is 85.8 Å². The molecule has 0 unspecified atom stereocenters. The van der Waals surface area contributed by atoms with Crippen LogP contribution >= 0.6 is 0 Å². The Morgan fingerprint density at radius 3 is 1.55 bits per heavy atom. The monoisotopic (exact) mass is 842 g/mol. The van der Waals surface area contributed by atoms with E-state index in [0.717, 1.165) is 27.9 Å². The number of para-hydroxylation sites is 1. The molecule has 7 N–H and O–H groups in total. The lowest BCUT2D eigenvalue weighted by Gasteiger charge is -2.16. The van der Waals surface area contributed by atoms with Crippen molar-refractivity contribution in [1.82, 2.24) is 0 Å². The summed E-state index contributed by atoms with van der Waals surface area (Å²) >= 11 is 0. The predicted molar refractivity (Wildman–Crippen MR) is 245 cm³/mol. The van der Waals surface area contributed by atoms with E-state index < -0.39 is 28.1 Å².